The lowest BCUT2D eigenvalue weighted by Crippen LogP contribution is -1.82. The van der Waals surface area contributed by atoms with Gasteiger partial charge in [-0.3, -0.25) is 0 Å². The molecule has 0 spiro atoms. The molecule has 0 saturated carbocycles. The Morgan fingerprint density at radius 3 is 2.67 bits per heavy atom. The lowest BCUT2D eigenvalue weighted by molar-refractivity contribution is 0.567. The largest absolute Gasteiger partial charge is 0.234 e. The molecule has 0 aliphatic heterocycles. The van der Waals surface area contributed by atoms with Crippen LogP contribution in [-0.2, 0) is 11.2 Å². The molecule has 0 heterocycles. The molecule has 1 aromatic rings. The summed E-state index contributed by atoms with van der Waals surface area (Å²) in [5.74, 6) is 1.78. The van der Waals surface area contributed by atoms with E-state index in [2.05, 4.69) is 12.1 Å². The first kappa shape index (κ1) is 8.76. The van der Waals surface area contributed by atoms with Gasteiger partial charge in [0.25, 0.3) is 0 Å². The highest BCUT2D eigenvalue weighted by Gasteiger charge is 1.89. The van der Waals surface area contributed by atoms with E-state index in [9.17, 15) is 4.79 Å². The second-order valence-corrected chi connectivity index (χ2v) is 2.70. The van der Waals surface area contributed by atoms with Gasteiger partial charge in [-0.1, -0.05) is 30.3 Å². The van der Waals surface area contributed by atoms with Crippen LogP contribution in [0.15, 0.2) is 36.4 Å². The van der Waals surface area contributed by atoms with Gasteiger partial charge < -0.3 is 0 Å². The molecule has 0 aliphatic carbocycles. The Morgan fingerprint density at radius 1 is 1.25 bits per heavy atom. The summed E-state index contributed by atoms with van der Waals surface area (Å²) in [5.41, 5.74) is 1.33. The van der Waals surface area contributed by atoms with Crippen LogP contribution in [0.5, 0.6) is 0 Å². The third kappa shape index (κ3) is 3.18. The Labute approximate surface area is 72.7 Å². The van der Waals surface area contributed by atoms with Crippen molar-refractivity contribution in [3.63, 3.8) is 0 Å². The van der Waals surface area contributed by atoms with Crippen LogP contribution in [0.1, 0.15) is 18.4 Å². The van der Waals surface area contributed by atoms with Crippen molar-refractivity contribution in [1.82, 2.24) is 0 Å². The van der Waals surface area contributed by atoms with E-state index < -0.39 is 0 Å². The summed E-state index contributed by atoms with van der Waals surface area (Å²) < 4.78 is 0. The molecule has 0 N–H and O–H groups in total. The van der Waals surface area contributed by atoms with Crippen molar-refractivity contribution in [3.8, 4) is 0 Å². The van der Waals surface area contributed by atoms with Gasteiger partial charge in [0.15, 0.2) is 0 Å². The Balaban J connectivity index is 2.29. The number of hydrogen-bond donors (Lipinski definition) is 0. The number of rotatable bonds is 4. The van der Waals surface area contributed by atoms with Crippen molar-refractivity contribution in [2.45, 2.75) is 19.3 Å². The van der Waals surface area contributed by atoms with E-state index in [4.69, 9.17) is 0 Å². The molecule has 0 unspecified atom stereocenters. The molecule has 0 atom stereocenters. The first-order chi connectivity index (χ1) is 5.93. The van der Waals surface area contributed by atoms with E-state index >= 15 is 0 Å². The predicted octanol–water partition coefficient (Wildman–Crippen LogP) is 2.40. The van der Waals surface area contributed by atoms with E-state index in [1.165, 1.54) is 5.56 Å². The predicted molar refractivity (Wildman–Crippen MR) is 49.6 cm³/mol. The van der Waals surface area contributed by atoms with Crippen LogP contribution < -0.4 is 0 Å². The Hall–Kier alpha value is -1.33. The van der Waals surface area contributed by atoms with Crippen molar-refractivity contribution < 1.29 is 4.79 Å². The molecule has 0 radical (unpaired) electrons. The molecule has 1 rings (SSSR count). The molecule has 0 amide bonds. The molecule has 0 bridgehead atoms. The van der Waals surface area contributed by atoms with Crippen molar-refractivity contribution in [3.05, 3.63) is 42.0 Å². The van der Waals surface area contributed by atoms with Crippen LogP contribution in [0, 0.1) is 0 Å². The summed E-state index contributed by atoms with van der Waals surface area (Å²) in [6.07, 6.45) is 4.44. The number of benzene rings is 1. The maximum atomic E-state index is 9.84. The zero-order chi connectivity index (χ0) is 8.65. The van der Waals surface area contributed by atoms with Crippen LogP contribution >= 0.6 is 0 Å². The number of aryl methyl sites for hydroxylation is 1. The average Bonchev–Trinajstić information content (AvgIpc) is 2.14. The van der Waals surface area contributed by atoms with Gasteiger partial charge in [-0.2, -0.15) is 0 Å². The van der Waals surface area contributed by atoms with Crippen LogP contribution in [-0.4, -0.2) is 5.94 Å². The standard InChI is InChI=1S/C11H12O/c12-10-6-2-5-9-11-7-3-1-4-8-11/h1,3-4,6-8H,2,5,9H2. The minimum absolute atomic E-state index is 0.832. The van der Waals surface area contributed by atoms with E-state index in [0.29, 0.717) is 0 Å². The van der Waals surface area contributed by atoms with Gasteiger partial charge in [0.1, 0.15) is 5.94 Å². The van der Waals surface area contributed by atoms with Gasteiger partial charge in [0.05, 0.1) is 0 Å². The quantitative estimate of drug-likeness (QED) is 0.488. The van der Waals surface area contributed by atoms with E-state index in [0.717, 1.165) is 19.3 Å². The third-order valence-corrected chi connectivity index (χ3v) is 1.74. The van der Waals surface area contributed by atoms with E-state index in [-0.39, 0.29) is 0 Å². The van der Waals surface area contributed by atoms with Crippen molar-refractivity contribution in [2.24, 2.45) is 0 Å². The summed E-state index contributed by atoms with van der Waals surface area (Å²) in [6, 6.07) is 10.3. The fourth-order valence-corrected chi connectivity index (χ4v) is 1.11. The molecule has 0 aromatic heterocycles. The van der Waals surface area contributed by atoms with E-state index in [1.807, 2.05) is 18.2 Å². The number of allylic oxidation sites excluding steroid dienone is 1. The number of unbranched alkanes of at least 4 members (excludes halogenated alkanes) is 1. The van der Waals surface area contributed by atoms with Crippen LogP contribution in [0.3, 0.4) is 0 Å². The molecule has 1 heteroatoms. The first-order valence-corrected chi connectivity index (χ1v) is 4.17. The highest BCUT2D eigenvalue weighted by molar-refractivity contribution is 5.44. The highest BCUT2D eigenvalue weighted by Crippen LogP contribution is 2.03. The van der Waals surface area contributed by atoms with Crippen molar-refractivity contribution in [2.75, 3.05) is 0 Å². The maximum Gasteiger partial charge on any atom is 0.120 e. The van der Waals surface area contributed by atoms with Gasteiger partial charge >= 0.3 is 0 Å². The molecule has 62 valence electrons. The van der Waals surface area contributed by atoms with Gasteiger partial charge in [-0.15, -0.1) is 0 Å². The van der Waals surface area contributed by atoms with Gasteiger partial charge in [-0.25, -0.2) is 4.79 Å². The maximum absolute atomic E-state index is 9.84. The smallest absolute Gasteiger partial charge is 0.120 e. The van der Waals surface area contributed by atoms with Gasteiger partial charge in [0, 0.05) is 0 Å². The zero-order valence-electron chi connectivity index (χ0n) is 6.99. The highest BCUT2D eigenvalue weighted by atomic mass is 16.1. The Morgan fingerprint density at radius 2 is 2.00 bits per heavy atom. The van der Waals surface area contributed by atoms with Crippen LogP contribution in [0.2, 0.25) is 0 Å². The minimum atomic E-state index is 0.832. The molecular weight excluding hydrogens is 148 g/mol. The summed E-state index contributed by atoms with van der Waals surface area (Å²) in [6.45, 7) is 0. The SMILES string of the molecule is O=C=CCCCc1ccccc1. The van der Waals surface area contributed by atoms with Crippen LogP contribution in [0.4, 0.5) is 0 Å². The zero-order valence-corrected chi connectivity index (χ0v) is 6.99. The number of carbonyl (C=O) groups excluding carboxylic acids is 1. The summed E-state index contributed by atoms with van der Waals surface area (Å²) >= 11 is 0. The molecule has 1 aromatic carbocycles. The molecule has 1 nitrogen and oxygen atoms in total. The Bertz CT molecular complexity index is 258. The van der Waals surface area contributed by atoms with Gasteiger partial charge in [0.2, 0.25) is 0 Å². The molecule has 12 heavy (non-hydrogen) atoms. The lowest BCUT2D eigenvalue weighted by Gasteiger charge is -1.96. The van der Waals surface area contributed by atoms with Crippen molar-refractivity contribution in [1.29, 1.82) is 0 Å². The Kier molecular flexibility index (Phi) is 3.90. The fraction of sp³-hybridized carbons (Fsp3) is 0.273. The topological polar surface area (TPSA) is 17.1 Å². The monoisotopic (exact) mass is 160 g/mol. The lowest BCUT2D eigenvalue weighted by atomic mass is 10.1. The van der Waals surface area contributed by atoms with Gasteiger partial charge in [-0.05, 0) is 30.9 Å². The number of hydrogen-bond acceptors (Lipinski definition) is 1. The molecule has 0 fully saturated rings. The molecule has 0 saturated heterocycles. The summed E-state index contributed by atoms with van der Waals surface area (Å²) in [4.78, 5) is 9.84. The second kappa shape index (κ2) is 5.34. The summed E-state index contributed by atoms with van der Waals surface area (Å²) in [5, 5.41) is 0. The summed E-state index contributed by atoms with van der Waals surface area (Å²) in [7, 11) is 0. The second-order valence-electron chi connectivity index (χ2n) is 2.70. The normalized spacial score (nSPS) is 9.00. The van der Waals surface area contributed by atoms with Crippen LogP contribution in [0.25, 0.3) is 0 Å². The van der Waals surface area contributed by atoms with Crippen molar-refractivity contribution >= 4 is 5.94 Å². The average molecular weight is 160 g/mol. The molecule has 0 aliphatic rings. The molecular formula is C11H12O. The minimum Gasteiger partial charge on any atom is -0.234 e. The third-order valence-electron chi connectivity index (χ3n) is 1.74. The van der Waals surface area contributed by atoms with E-state index in [1.54, 1.807) is 12.0 Å². The fourth-order valence-electron chi connectivity index (χ4n) is 1.11. The first-order valence-electron chi connectivity index (χ1n) is 4.17.